The van der Waals surface area contributed by atoms with Crippen LogP contribution >= 0.6 is 11.3 Å². The maximum atomic E-state index is 5.01. The first-order chi connectivity index (χ1) is 15.2. The predicted octanol–water partition coefficient (Wildman–Crippen LogP) is 6.36. The Labute approximate surface area is 188 Å². The van der Waals surface area contributed by atoms with E-state index in [0.717, 1.165) is 48.1 Å². The van der Waals surface area contributed by atoms with E-state index in [2.05, 4.69) is 72.6 Å². The Bertz CT molecular complexity index is 1180. The van der Waals surface area contributed by atoms with Crippen molar-refractivity contribution in [1.29, 1.82) is 0 Å². The van der Waals surface area contributed by atoms with E-state index in [9.17, 15) is 0 Å². The van der Waals surface area contributed by atoms with Gasteiger partial charge in [-0.3, -0.25) is 0 Å². The minimum atomic E-state index is 0.745. The number of fused-ring (bicyclic) bond motifs is 3. The number of hydrogen-bond donors (Lipinski definition) is 1. The number of hydrogen-bond acceptors (Lipinski definition) is 5. The topological polar surface area (TPSA) is 41.0 Å². The van der Waals surface area contributed by atoms with Gasteiger partial charge in [0.1, 0.15) is 16.5 Å². The minimum Gasteiger partial charge on any atom is -0.372 e. The molecule has 4 nitrogen and oxygen atoms in total. The number of rotatable bonds is 7. The summed E-state index contributed by atoms with van der Waals surface area (Å²) >= 11 is 1.85. The van der Waals surface area contributed by atoms with E-state index in [4.69, 9.17) is 9.97 Å². The highest BCUT2D eigenvalue weighted by molar-refractivity contribution is 7.19. The van der Waals surface area contributed by atoms with Crippen molar-refractivity contribution in [3.63, 3.8) is 0 Å². The number of nitrogens with zero attached hydrogens (tertiary/aromatic N) is 3. The number of benzene rings is 2. The molecule has 0 unspecified atom stereocenters. The zero-order valence-electron chi connectivity index (χ0n) is 18.2. The third-order valence-electron chi connectivity index (χ3n) is 6.07. The van der Waals surface area contributed by atoms with E-state index < -0.39 is 0 Å². The molecule has 2 aromatic carbocycles. The van der Waals surface area contributed by atoms with Crippen molar-refractivity contribution in [1.82, 2.24) is 9.97 Å². The van der Waals surface area contributed by atoms with Crippen molar-refractivity contribution in [3.8, 4) is 0 Å². The Balaban J connectivity index is 1.51. The Morgan fingerprint density at radius 1 is 0.935 bits per heavy atom. The van der Waals surface area contributed by atoms with Gasteiger partial charge in [0.25, 0.3) is 0 Å². The number of aryl methyl sites for hydroxylation is 2. The molecule has 0 atom stereocenters. The smallest absolute Gasteiger partial charge is 0.143 e. The average Bonchev–Trinajstić information content (AvgIpc) is 3.37. The zero-order valence-corrected chi connectivity index (χ0v) is 19.0. The molecular formula is C26H28N4S. The first-order valence-corrected chi connectivity index (χ1v) is 12.0. The van der Waals surface area contributed by atoms with Crippen molar-refractivity contribution in [2.45, 2.75) is 39.5 Å². The lowest BCUT2D eigenvalue weighted by molar-refractivity contribution is 0.866. The molecule has 4 aromatic rings. The second kappa shape index (κ2) is 8.67. The SMILES string of the molecule is CCN(CC)c1ccc(Nc2nc(Cc3ccccc3)nc3sc4c(c23)CCC4)cc1. The monoisotopic (exact) mass is 428 g/mol. The molecule has 2 heterocycles. The molecule has 5 rings (SSSR count). The van der Waals surface area contributed by atoms with Crippen LogP contribution in [-0.2, 0) is 19.3 Å². The third-order valence-corrected chi connectivity index (χ3v) is 7.26. The van der Waals surface area contributed by atoms with Gasteiger partial charge in [-0.1, -0.05) is 30.3 Å². The Hall–Kier alpha value is -2.92. The molecule has 1 N–H and O–H groups in total. The molecule has 0 bridgehead atoms. The standard InChI is InChI=1S/C26H28N4S/c1-3-30(4-2)20-15-13-19(14-16-20)27-25-24-21-11-8-12-22(21)31-26(24)29-23(28-25)17-18-9-6-5-7-10-18/h5-7,9-10,13-16H,3-4,8,11-12,17H2,1-2H3,(H,27,28,29). The van der Waals surface area contributed by atoms with Crippen molar-refractivity contribution < 1.29 is 0 Å². The van der Waals surface area contributed by atoms with Crippen LogP contribution in [0.1, 0.15) is 42.1 Å². The number of thiophene rings is 1. The van der Waals surface area contributed by atoms with Gasteiger partial charge in [-0.05, 0) is 68.5 Å². The Kier molecular flexibility index (Phi) is 5.60. The molecule has 0 fully saturated rings. The normalized spacial score (nSPS) is 12.8. The van der Waals surface area contributed by atoms with Crippen LogP contribution in [0.3, 0.4) is 0 Å². The van der Waals surface area contributed by atoms with Crippen LogP contribution < -0.4 is 10.2 Å². The summed E-state index contributed by atoms with van der Waals surface area (Å²) in [6.07, 6.45) is 4.28. The van der Waals surface area contributed by atoms with Crippen LogP contribution in [0.4, 0.5) is 17.2 Å². The summed E-state index contributed by atoms with van der Waals surface area (Å²) < 4.78 is 0. The molecule has 31 heavy (non-hydrogen) atoms. The van der Waals surface area contributed by atoms with E-state index in [1.54, 1.807) is 0 Å². The van der Waals surface area contributed by atoms with Gasteiger partial charge in [0.05, 0.1) is 5.39 Å². The fourth-order valence-corrected chi connectivity index (χ4v) is 5.75. The highest BCUT2D eigenvalue weighted by Crippen LogP contribution is 2.40. The zero-order chi connectivity index (χ0) is 21.2. The van der Waals surface area contributed by atoms with Gasteiger partial charge in [-0.2, -0.15) is 0 Å². The maximum Gasteiger partial charge on any atom is 0.143 e. The number of nitrogens with one attached hydrogen (secondary N) is 1. The van der Waals surface area contributed by atoms with Crippen LogP contribution in [0.2, 0.25) is 0 Å². The van der Waals surface area contributed by atoms with Gasteiger partial charge in [-0.25, -0.2) is 9.97 Å². The van der Waals surface area contributed by atoms with E-state index in [1.165, 1.54) is 39.9 Å². The van der Waals surface area contributed by atoms with E-state index in [0.29, 0.717) is 0 Å². The lowest BCUT2D eigenvalue weighted by Crippen LogP contribution is -2.21. The summed E-state index contributed by atoms with van der Waals surface area (Å²) in [5, 5.41) is 4.85. The van der Waals surface area contributed by atoms with Crippen molar-refractivity contribution in [3.05, 3.63) is 76.4 Å². The summed E-state index contributed by atoms with van der Waals surface area (Å²) in [7, 11) is 0. The molecule has 0 radical (unpaired) electrons. The third kappa shape index (κ3) is 4.02. The van der Waals surface area contributed by atoms with E-state index in [-0.39, 0.29) is 0 Å². The minimum absolute atomic E-state index is 0.745. The quantitative estimate of drug-likeness (QED) is 0.372. The average molecular weight is 429 g/mol. The van der Waals surface area contributed by atoms with Gasteiger partial charge < -0.3 is 10.2 Å². The molecule has 0 saturated heterocycles. The van der Waals surface area contributed by atoms with Crippen molar-refractivity contribution in [2.75, 3.05) is 23.3 Å². The molecule has 0 saturated carbocycles. The predicted molar refractivity (Wildman–Crippen MR) is 132 cm³/mol. The fourth-order valence-electron chi connectivity index (χ4n) is 4.47. The van der Waals surface area contributed by atoms with Gasteiger partial charge >= 0.3 is 0 Å². The number of anilines is 3. The summed E-state index contributed by atoms with van der Waals surface area (Å²) in [5.41, 5.74) is 5.01. The van der Waals surface area contributed by atoms with Crippen LogP contribution in [0.5, 0.6) is 0 Å². The van der Waals surface area contributed by atoms with Gasteiger partial charge in [0.15, 0.2) is 0 Å². The summed E-state index contributed by atoms with van der Waals surface area (Å²) in [5.74, 6) is 1.83. The van der Waals surface area contributed by atoms with Crippen molar-refractivity contribution >= 4 is 38.7 Å². The molecule has 5 heteroatoms. The molecule has 0 aliphatic heterocycles. The molecule has 158 valence electrons. The largest absolute Gasteiger partial charge is 0.372 e. The van der Waals surface area contributed by atoms with E-state index >= 15 is 0 Å². The molecule has 1 aliphatic carbocycles. The number of aromatic nitrogens is 2. The first kappa shape index (κ1) is 20.0. The molecule has 0 spiro atoms. The van der Waals surface area contributed by atoms with Gasteiger partial charge in [0, 0.05) is 35.8 Å². The molecular weight excluding hydrogens is 400 g/mol. The fraction of sp³-hybridized carbons (Fsp3) is 0.308. The Morgan fingerprint density at radius 2 is 1.71 bits per heavy atom. The summed E-state index contributed by atoms with van der Waals surface area (Å²) in [6.45, 7) is 6.41. The van der Waals surface area contributed by atoms with Crippen LogP contribution in [0.25, 0.3) is 10.2 Å². The van der Waals surface area contributed by atoms with Crippen molar-refractivity contribution in [2.24, 2.45) is 0 Å². The van der Waals surface area contributed by atoms with Crippen LogP contribution in [0, 0.1) is 0 Å². The second-order valence-corrected chi connectivity index (χ2v) is 9.12. The lowest BCUT2D eigenvalue weighted by Gasteiger charge is -2.21. The molecule has 0 amide bonds. The maximum absolute atomic E-state index is 5.01. The Morgan fingerprint density at radius 3 is 2.45 bits per heavy atom. The van der Waals surface area contributed by atoms with Crippen LogP contribution in [0.15, 0.2) is 54.6 Å². The van der Waals surface area contributed by atoms with Gasteiger partial charge in [-0.15, -0.1) is 11.3 Å². The van der Waals surface area contributed by atoms with E-state index in [1.807, 2.05) is 17.4 Å². The molecule has 2 aromatic heterocycles. The lowest BCUT2D eigenvalue weighted by atomic mass is 10.1. The highest BCUT2D eigenvalue weighted by Gasteiger charge is 2.22. The van der Waals surface area contributed by atoms with Gasteiger partial charge in [0.2, 0.25) is 0 Å². The highest BCUT2D eigenvalue weighted by atomic mass is 32.1. The summed E-state index contributed by atoms with van der Waals surface area (Å²) in [4.78, 5) is 14.9. The molecule has 1 aliphatic rings. The summed E-state index contributed by atoms with van der Waals surface area (Å²) in [6, 6.07) is 19.2. The van der Waals surface area contributed by atoms with Crippen LogP contribution in [-0.4, -0.2) is 23.1 Å². The first-order valence-electron chi connectivity index (χ1n) is 11.2. The second-order valence-electron chi connectivity index (χ2n) is 8.03.